The fourth-order valence-corrected chi connectivity index (χ4v) is 4.11. The van der Waals surface area contributed by atoms with Crippen LogP contribution in [0.3, 0.4) is 0 Å². The first-order valence-corrected chi connectivity index (χ1v) is 8.78. The molecule has 0 bridgehead atoms. The lowest BCUT2D eigenvalue weighted by atomic mass is 9.95. The van der Waals surface area contributed by atoms with E-state index in [1.165, 1.54) is 33.7 Å². The van der Waals surface area contributed by atoms with Crippen molar-refractivity contribution in [2.24, 2.45) is 0 Å². The molecule has 0 saturated heterocycles. The fourth-order valence-electron chi connectivity index (χ4n) is 3.99. The molecular weight excluding hydrogens is 314 g/mol. The number of fused-ring (bicyclic) bond motifs is 5. The predicted octanol–water partition coefficient (Wildman–Crippen LogP) is 6.20. The molecule has 2 heteroatoms. The molecule has 0 fully saturated rings. The van der Waals surface area contributed by atoms with E-state index in [4.69, 9.17) is 16.6 Å². The zero-order valence-electron chi connectivity index (χ0n) is 13.2. The standard InChI is InChI=1S/C22H16ClN/c23-16-11-8-15(9-12-16)22-19-7-3-6-18(19)21-17-5-2-1-4-14(17)10-13-20(21)24-22/h1-2,4-5,8-13H,3,6-7H2. The van der Waals surface area contributed by atoms with Crippen LogP contribution in [0.4, 0.5) is 0 Å². The summed E-state index contributed by atoms with van der Waals surface area (Å²) in [7, 11) is 0. The molecule has 0 unspecified atom stereocenters. The largest absolute Gasteiger partial charge is 0.247 e. The van der Waals surface area contributed by atoms with E-state index in [1.807, 2.05) is 12.1 Å². The van der Waals surface area contributed by atoms with Gasteiger partial charge in [-0.15, -0.1) is 0 Å². The first-order chi connectivity index (χ1) is 11.8. The molecule has 0 spiro atoms. The zero-order valence-corrected chi connectivity index (χ0v) is 14.0. The second-order valence-corrected chi connectivity index (χ2v) is 6.90. The second-order valence-electron chi connectivity index (χ2n) is 6.46. The Kier molecular flexibility index (Phi) is 3.11. The van der Waals surface area contributed by atoms with Gasteiger partial charge in [0, 0.05) is 16.0 Å². The molecule has 0 atom stereocenters. The highest BCUT2D eigenvalue weighted by molar-refractivity contribution is 6.30. The van der Waals surface area contributed by atoms with E-state index >= 15 is 0 Å². The minimum atomic E-state index is 0.766. The Bertz CT molecular complexity index is 1080. The molecule has 1 aliphatic rings. The van der Waals surface area contributed by atoms with Gasteiger partial charge in [-0.3, -0.25) is 0 Å². The monoisotopic (exact) mass is 329 g/mol. The summed E-state index contributed by atoms with van der Waals surface area (Å²) in [5.41, 5.74) is 6.29. The van der Waals surface area contributed by atoms with Gasteiger partial charge in [-0.2, -0.15) is 0 Å². The maximum atomic E-state index is 6.06. The maximum absolute atomic E-state index is 6.06. The van der Waals surface area contributed by atoms with Gasteiger partial charge in [0.2, 0.25) is 0 Å². The van der Waals surface area contributed by atoms with Gasteiger partial charge >= 0.3 is 0 Å². The van der Waals surface area contributed by atoms with Gasteiger partial charge in [-0.1, -0.05) is 54.1 Å². The van der Waals surface area contributed by atoms with Crippen LogP contribution in [0.25, 0.3) is 32.9 Å². The molecule has 0 amide bonds. The highest BCUT2D eigenvalue weighted by Crippen LogP contribution is 2.38. The Morgan fingerprint density at radius 2 is 1.58 bits per heavy atom. The van der Waals surface area contributed by atoms with Crippen molar-refractivity contribution in [2.45, 2.75) is 19.3 Å². The molecule has 4 aromatic rings. The molecule has 24 heavy (non-hydrogen) atoms. The summed E-state index contributed by atoms with van der Waals surface area (Å²) in [5, 5.41) is 4.73. The normalized spacial score (nSPS) is 13.5. The Balaban J connectivity index is 1.88. The Hall–Kier alpha value is -2.38. The van der Waals surface area contributed by atoms with Crippen LogP contribution in [-0.4, -0.2) is 4.98 Å². The molecule has 1 aromatic heterocycles. The van der Waals surface area contributed by atoms with Crippen LogP contribution in [0, 0.1) is 0 Å². The Morgan fingerprint density at radius 3 is 2.46 bits per heavy atom. The zero-order chi connectivity index (χ0) is 16.1. The van der Waals surface area contributed by atoms with Crippen molar-refractivity contribution >= 4 is 33.3 Å². The first kappa shape index (κ1) is 14.0. The van der Waals surface area contributed by atoms with Gasteiger partial charge in [-0.25, -0.2) is 4.98 Å². The summed E-state index contributed by atoms with van der Waals surface area (Å²) >= 11 is 6.06. The van der Waals surface area contributed by atoms with E-state index in [0.29, 0.717) is 0 Å². The topological polar surface area (TPSA) is 12.9 Å². The summed E-state index contributed by atoms with van der Waals surface area (Å²) in [6, 6.07) is 21.0. The van der Waals surface area contributed by atoms with Crippen LogP contribution in [-0.2, 0) is 12.8 Å². The smallest absolute Gasteiger partial charge is 0.0744 e. The van der Waals surface area contributed by atoms with Crippen molar-refractivity contribution in [1.82, 2.24) is 4.98 Å². The van der Waals surface area contributed by atoms with E-state index in [9.17, 15) is 0 Å². The summed E-state index contributed by atoms with van der Waals surface area (Å²) < 4.78 is 0. The number of aryl methyl sites for hydroxylation is 1. The summed E-state index contributed by atoms with van der Waals surface area (Å²) in [6.45, 7) is 0. The molecule has 0 N–H and O–H groups in total. The number of halogens is 1. The lowest BCUT2D eigenvalue weighted by Gasteiger charge is -2.13. The summed E-state index contributed by atoms with van der Waals surface area (Å²) in [4.78, 5) is 5.05. The third-order valence-corrected chi connectivity index (χ3v) is 5.31. The molecule has 1 heterocycles. The fraction of sp³-hybridized carbons (Fsp3) is 0.136. The first-order valence-electron chi connectivity index (χ1n) is 8.40. The predicted molar refractivity (Wildman–Crippen MR) is 102 cm³/mol. The number of hydrogen-bond acceptors (Lipinski definition) is 1. The molecule has 0 saturated carbocycles. The van der Waals surface area contributed by atoms with Crippen molar-refractivity contribution in [1.29, 1.82) is 0 Å². The average Bonchev–Trinajstić information content (AvgIpc) is 3.11. The maximum Gasteiger partial charge on any atom is 0.0744 e. The third kappa shape index (κ3) is 2.05. The SMILES string of the molecule is Clc1ccc(-c2nc3ccc4ccccc4c3c3c2CCC3)cc1. The van der Waals surface area contributed by atoms with Crippen LogP contribution in [0.2, 0.25) is 5.02 Å². The van der Waals surface area contributed by atoms with Gasteiger partial charge in [0.15, 0.2) is 0 Å². The van der Waals surface area contributed by atoms with E-state index in [0.717, 1.165) is 34.6 Å². The van der Waals surface area contributed by atoms with Gasteiger partial charge in [0.1, 0.15) is 0 Å². The second kappa shape index (κ2) is 5.32. The van der Waals surface area contributed by atoms with Crippen LogP contribution >= 0.6 is 11.6 Å². The number of benzene rings is 3. The number of pyridine rings is 1. The van der Waals surface area contributed by atoms with E-state index in [2.05, 4.69) is 48.5 Å². The Labute approximate surface area is 145 Å². The minimum absolute atomic E-state index is 0.766. The lowest BCUT2D eigenvalue weighted by Crippen LogP contribution is -1.96. The lowest BCUT2D eigenvalue weighted by molar-refractivity contribution is 0.913. The van der Waals surface area contributed by atoms with Crippen molar-refractivity contribution in [3.63, 3.8) is 0 Å². The summed E-state index contributed by atoms with van der Waals surface area (Å²) in [6.07, 6.45) is 3.46. The molecule has 116 valence electrons. The number of hydrogen-bond donors (Lipinski definition) is 0. The van der Waals surface area contributed by atoms with Crippen LogP contribution in [0.15, 0.2) is 60.7 Å². The highest BCUT2D eigenvalue weighted by Gasteiger charge is 2.21. The number of rotatable bonds is 1. The van der Waals surface area contributed by atoms with E-state index in [-0.39, 0.29) is 0 Å². The van der Waals surface area contributed by atoms with Crippen LogP contribution < -0.4 is 0 Å². The van der Waals surface area contributed by atoms with E-state index in [1.54, 1.807) is 0 Å². The molecule has 1 nitrogen and oxygen atoms in total. The van der Waals surface area contributed by atoms with Gasteiger partial charge in [0.25, 0.3) is 0 Å². The molecular formula is C22H16ClN. The minimum Gasteiger partial charge on any atom is -0.247 e. The molecule has 0 aliphatic heterocycles. The molecule has 3 aromatic carbocycles. The number of aromatic nitrogens is 1. The molecule has 5 rings (SSSR count). The molecule has 0 radical (unpaired) electrons. The van der Waals surface area contributed by atoms with E-state index < -0.39 is 0 Å². The Morgan fingerprint density at radius 1 is 0.792 bits per heavy atom. The highest BCUT2D eigenvalue weighted by atomic mass is 35.5. The van der Waals surface area contributed by atoms with Crippen LogP contribution in [0.5, 0.6) is 0 Å². The number of nitrogens with zero attached hydrogens (tertiary/aromatic N) is 1. The summed E-state index contributed by atoms with van der Waals surface area (Å²) in [5.74, 6) is 0. The van der Waals surface area contributed by atoms with Gasteiger partial charge in [-0.05, 0) is 59.4 Å². The van der Waals surface area contributed by atoms with Crippen LogP contribution in [0.1, 0.15) is 17.5 Å². The van der Waals surface area contributed by atoms with Crippen molar-refractivity contribution in [3.05, 3.63) is 76.8 Å². The van der Waals surface area contributed by atoms with Gasteiger partial charge < -0.3 is 0 Å². The quantitative estimate of drug-likeness (QED) is 0.379. The molecule has 1 aliphatic carbocycles. The van der Waals surface area contributed by atoms with Gasteiger partial charge in [0.05, 0.1) is 11.2 Å². The third-order valence-electron chi connectivity index (χ3n) is 5.06. The van der Waals surface area contributed by atoms with Crippen molar-refractivity contribution in [3.8, 4) is 11.3 Å². The van der Waals surface area contributed by atoms with Crippen molar-refractivity contribution in [2.75, 3.05) is 0 Å². The average molecular weight is 330 g/mol. The van der Waals surface area contributed by atoms with Crippen molar-refractivity contribution < 1.29 is 0 Å².